The van der Waals surface area contributed by atoms with Gasteiger partial charge in [0.1, 0.15) is 5.82 Å². The van der Waals surface area contributed by atoms with Crippen molar-refractivity contribution in [3.63, 3.8) is 0 Å². The monoisotopic (exact) mass is 205 g/mol. The highest BCUT2D eigenvalue weighted by molar-refractivity contribution is 4.96. The molecule has 15 heavy (non-hydrogen) atoms. The SMILES string of the molecule is Cn1cnc(CNCc2nccn2C)c1. The predicted molar refractivity (Wildman–Crippen MR) is 57.0 cm³/mol. The Morgan fingerprint density at radius 1 is 1.27 bits per heavy atom. The molecular formula is C10H15N5. The third-order valence-electron chi connectivity index (χ3n) is 2.27. The molecular weight excluding hydrogens is 190 g/mol. The number of hydrogen-bond acceptors (Lipinski definition) is 3. The zero-order valence-corrected chi connectivity index (χ0v) is 9.01. The van der Waals surface area contributed by atoms with Crippen LogP contribution in [-0.2, 0) is 27.2 Å². The van der Waals surface area contributed by atoms with E-state index in [2.05, 4.69) is 15.3 Å². The van der Waals surface area contributed by atoms with Gasteiger partial charge in [-0.3, -0.25) is 0 Å². The third-order valence-corrected chi connectivity index (χ3v) is 2.27. The first-order valence-corrected chi connectivity index (χ1v) is 4.89. The van der Waals surface area contributed by atoms with Crippen LogP contribution in [0.15, 0.2) is 24.9 Å². The summed E-state index contributed by atoms with van der Waals surface area (Å²) in [4.78, 5) is 8.46. The van der Waals surface area contributed by atoms with Gasteiger partial charge in [-0.1, -0.05) is 0 Å². The van der Waals surface area contributed by atoms with Gasteiger partial charge >= 0.3 is 0 Å². The Hall–Kier alpha value is -1.62. The van der Waals surface area contributed by atoms with Crippen LogP contribution in [0.2, 0.25) is 0 Å². The summed E-state index contributed by atoms with van der Waals surface area (Å²) in [6.07, 6.45) is 7.55. The molecule has 2 aromatic heterocycles. The maximum Gasteiger partial charge on any atom is 0.122 e. The Kier molecular flexibility index (Phi) is 2.82. The van der Waals surface area contributed by atoms with Crippen LogP contribution in [0, 0.1) is 0 Å². The normalized spacial score (nSPS) is 10.8. The van der Waals surface area contributed by atoms with Crippen molar-refractivity contribution in [3.05, 3.63) is 36.4 Å². The van der Waals surface area contributed by atoms with Gasteiger partial charge in [-0.05, 0) is 0 Å². The summed E-state index contributed by atoms with van der Waals surface area (Å²) in [7, 11) is 3.96. The molecule has 0 saturated heterocycles. The Balaban J connectivity index is 1.83. The minimum absolute atomic E-state index is 0.764. The number of rotatable bonds is 4. The first kappa shape index (κ1) is 9.92. The van der Waals surface area contributed by atoms with Gasteiger partial charge in [0.2, 0.25) is 0 Å². The van der Waals surface area contributed by atoms with Crippen molar-refractivity contribution in [1.29, 1.82) is 0 Å². The summed E-state index contributed by atoms with van der Waals surface area (Å²) >= 11 is 0. The van der Waals surface area contributed by atoms with E-state index in [1.165, 1.54) is 0 Å². The molecule has 0 aliphatic heterocycles. The number of aryl methyl sites for hydroxylation is 2. The number of aromatic nitrogens is 4. The second-order valence-electron chi connectivity index (χ2n) is 3.59. The molecule has 5 nitrogen and oxygen atoms in total. The van der Waals surface area contributed by atoms with E-state index in [1.54, 1.807) is 12.5 Å². The second kappa shape index (κ2) is 4.27. The molecule has 0 fully saturated rings. The minimum Gasteiger partial charge on any atom is -0.340 e. The molecule has 0 spiro atoms. The van der Waals surface area contributed by atoms with Crippen LogP contribution in [0.5, 0.6) is 0 Å². The van der Waals surface area contributed by atoms with Gasteiger partial charge in [-0.25, -0.2) is 9.97 Å². The zero-order valence-electron chi connectivity index (χ0n) is 9.01. The fourth-order valence-electron chi connectivity index (χ4n) is 1.43. The molecule has 0 saturated carbocycles. The van der Waals surface area contributed by atoms with E-state index >= 15 is 0 Å². The van der Waals surface area contributed by atoms with Crippen molar-refractivity contribution in [2.75, 3.05) is 0 Å². The quantitative estimate of drug-likeness (QED) is 0.788. The lowest BCUT2D eigenvalue weighted by molar-refractivity contribution is 0.632. The van der Waals surface area contributed by atoms with Crippen molar-refractivity contribution in [1.82, 2.24) is 24.4 Å². The second-order valence-corrected chi connectivity index (χ2v) is 3.59. The minimum atomic E-state index is 0.764. The van der Waals surface area contributed by atoms with Crippen LogP contribution in [0.25, 0.3) is 0 Å². The first-order valence-electron chi connectivity index (χ1n) is 4.89. The van der Waals surface area contributed by atoms with E-state index in [1.807, 2.05) is 35.6 Å². The van der Waals surface area contributed by atoms with Crippen molar-refractivity contribution >= 4 is 0 Å². The highest BCUT2D eigenvalue weighted by Gasteiger charge is 1.99. The van der Waals surface area contributed by atoms with Crippen LogP contribution in [-0.4, -0.2) is 19.1 Å². The van der Waals surface area contributed by atoms with Gasteiger partial charge in [-0.15, -0.1) is 0 Å². The summed E-state index contributed by atoms with van der Waals surface area (Å²) in [5, 5.41) is 3.30. The molecule has 0 aliphatic carbocycles. The average molecular weight is 205 g/mol. The Bertz CT molecular complexity index is 428. The van der Waals surface area contributed by atoms with Crippen molar-refractivity contribution in [2.24, 2.45) is 14.1 Å². The molecule has 0 radical (unpaired) electrons. The van der Waals surface area contributed by atoms with Gasteiger partial charge in [0.25, 0.3) is 0 Å². The predicted octanol–water partition coefficient (Wildman–Crippen LogP) is 0.443. The van der Waals surface area contributed by atoms with E-state index < -0.39 is 0 Å². The molecule has 2 aromatic rings. The molecule has 0 aromatic carbocycles. The lowest BCUT2D eigenvalue weighted by Crippen LogP contribution is -2.15. The molecule has 0 bridgehead atoms. The molecule has 2 heterocycles. The summed E-state index contributed by atoms with van der Waals surface area (Å²) < 4.78 is 3.95. The summed E-state index contributed by atoms with van der Waals surface area (Å²) in [6, 6.07) is 0. The topological polar surface area (TPSA) is 47.7 Å². The van der Waals surface area contributed by atoms with E-state index in [0.717, 1.165) is 24.6 Å². The van der Waals surface area contributed by atoms with E-state index in [9.17, 15) is 0 Å². The van der Waals surface area contributed by atoms with Crippen LogP contribution < -0.4 is 5.32 Å². The molecule has 0 aliphatic rings. The average Bonchev–Trinajstić information content (AvgIpc) is 2.77. The fourth-order valence-corrected chi connectivity index (χ4v) is 1.43. The summed E-state index contributed by atoms with van der Waals surface area (Å²) in [5.41, 5.74) is 1.05. The van der Waals surface area contributed by atoms with Crippen LogP contribution in [0.3, 0.4) is 0 Å². The Morgan fingerprint density at radius 3 is 2.73 bits per heavy atom. The first-order chi connectivity index (χ1) is 7.25. The number of hydrogen-bond donors (Lipinski definition) is 1. The van der Waals surface area contributed by atoms with Crippen molar-refractivity contribution in [3.8, 4) is 0 Å². The van der Waals surface area contributed by atoms with Crippen LogP contribution in [0.1, 0.15) is 11.5 Å². The highest BCUT2D eigenvalue weighted by atomic mass is 15.1. The van der Waals surface area contributed by atoms with Crippen molar-refractivity contribution < 1.29 is 0 Å². The molecule has 0 amide bonds. The fraction of sp³-hybridized carbons (Fsp3) is 0.400. The lowest BCUT2D eigenvalue weighted by atomic mass is 10.4. The van der Waals surface area contributed by atoms with E-state index in [0.29, 0.717) is 0 Å². The maximum absolute atomic E-state index is 4.23. The molecule has 0 unspecified atom stereocenters. The van der Waals surface area contributed by atoms with E-state index in [-0.39, 0.29) is 0 Å². The third kappa shape index (κ3) is 2.44. The summed E-state index contributed by atoms with van der Waals surface area (Å²) in [5.74, 6) is 1.03. The molecule has 5 heteroatoms. The molecule has 2 rings (SSSR count). The maximum atomic E-state index is 4.23. The van der Waals surface area contributed by atoms with Crippen LogP contribution >= 0.6 is 0 Å². The van der Waals surface area contributed by atoms with Gasteiger partial charge in [0.15, 0.2) is 0 Å². The highest BCUT2D eigenvalue weighted by Crippen LogP contribution is 1.96. The lowest BCUT2D eigenvalue weighted by Gasteiger charge is -2.02. The molecule has 80 valence electrons. The molecule has 0 atom stereocenters. The Morgan fingerprint density at radius 2 is 2.13 bits per heavy atom. The van der Waals surface area contributed by atoms with Crippen molar-refractivity contribution in [2.45, 2.75) is 13.1 Å². The smallest absolute Gasteiger partial charge is 0.122 e. The largest absolute Gasteiger partial charge is 0.340 e. The van der Waals surface area contributed by atoms with Gasteiger partial charge in [-0.2, -0.15) is 0 Å². The van der Waals surface area contributed by atoms with Crippen LogP contribution in [0.4, 0.5) is 0 Å². The Labute approximate surface area is 88.8 Å². The van der Waals surface area contributed by atoms with Gasteiger partial charge < -0.3 is 14.5 Å². The number of nitrogens with one attached hydrogen (secondary N) is 1. The number of nitrogens with zero attached hydrogens (tertiary/aromatic N) is 4. The number of imidazole rings is 2. The standard InChI is InChI=1S/C10H15N5/c1-14-7-9(13-8-14)5-11-6-10-12-3-4-15(10)2/h3-4,7-8,11H,5-6H2,1-2H3. The van der Waals surface area contributed by atoms with E-state index in [4.69, 9.17) is 0 Å². The van der Waals surface area contributed by atoms with Gasteiger partial charge in [0.05, 0.1) is 18.6 Å². The summed E-state index contributed by atoms with van der Waals surface area (Å²) in [6.45, 7) is 1.54. The zero-order chi connectivity index (χ0) is 10.7. The molecule has 1 N–H and O–H groups in total. The van der Waals surface area contributed by atoms with Gasteiger partial charge in [0, 0.05) is 39.2 Å².